The molecule has 8 nitrogen and oxygen atoms in total. The van der Waals surface area contributed by atoms with Crippen LogP contribution in [0.25, 0.3) is 11.6 Å². The molecule has 0 unspecified atom stereocenters. The van der Waals surface area contributed by atoms with E-state index in [1.54, 1.807) is 18.2 Å². The summed E-state index contributed by atoms with van der Waals surface area (Å²) in [6.45, 7) is 5.82. The van der Waals surface area contributed by atoms with Crippen molar-refractivity contribution in [3.05, 3.63) is 91.4 Å². The van der Waals surface area contributed by atoms with Gasteiger partial charge in [0.25, 0.3) is 11.6 Å². The zero-order valence-corrected chi connectivity index (χ0v) is 21.6. The minimum atomic E-state index is -0.494. The number of hydrogen-bond acceptors (Lipinski definition) is 6. The van der Waals surface area contributed by atoms with E-state index in [0.717, 1.165) is 16.8 Å². The summed E-state index contributed by atoms with van der Waals surface area (Å²) in [4.78, 5) is 22.9. The van der Waals surface area contributed by atoms with Crippen LogP contribution < -0.4 is 14.8 Å². The molecule has 184 valence electrons. The predicted octanol–water partition coefficient (Wildman–Crippen LogP) is 6.45. The average Bonchev–Trinajstić information content (AvgIpc) is 2.84. The lowest BCUT2D eigenvalue weighted by molar-refractivity contribution is -0.384. The summed E-state index contributed by atoms with van der Waals surface area (Å²) in [5.74, 6) is 0.449. The summed E-state index contributed by atoms with van der Waals surface area (Å²) in [7, 11) is 0. The fraction of sp³-hybridized carbons (Fsp3) is 0.185. The number of ether oxygens (including phenoxy) is 2. The molecule has 0 aliphatic carbocycles. The number of nitro benzene ring substituents is 1. The number of nitrogens with zero attached hydrogens (tertiary/aromatic N) is 2. The number of halogens is 1. The molecule has 0 atom stereocenters. The van der Waals surface area contributed by atoms with Gasteiger partial charge in [-0.3, -0.25) is 14.9 Å². The molecule has 0 saturated heterocycles. The first-order chi connectivity index (χ1) is 17.2. The number of nitrogens with one attached hydrogen (secondary N) is 1. The van der Waals surface area contributed by atoms with Crippen molar-refractivity contribution < 1.29 is 19.2 Å². The molecule has 1 N–H and O–H groups in total. The number of allylic oxidation sites excluding steroid dienone is 1. The Bertz CT molecular complexity index is 1360. The number of hydrogen-bond donors (Lipinski definition) is 1. The first-order valence-electron chi connectivity index (χ1n) is 11.0. The largest absolute Gasteiger partial charge is 0.490 e. The molecular formula is C27H24BrN3O5. The third-order valence-corrected chi connectivity index (χ3v) is 5.76. The van der Waals surface area contributed by atoms with Crippen molar-refractivity contribution in [3.63, 3.8) is 0 Å². The van der Waals surface area contributed by atoms with E-state index in [1.807, 2.05) is 39.0 Å². The Balaban J connectivity index is 1.82. The molecule has 1 amide bonds. The number of carbonyl (C=O) groups is 1. The summed E-state index contributed by atoms with van der Waals surface area (Å²) in [5, 5.41) is 23.4. The van der Waals surface area contributed by atoms with Crippen molar-refractivity contribution in [1.29, 1.82) is 5.26 Å². The number of carbonyl (C=O) groups excluding carboxylic acids is 1. The molecule has 0 bridgehead atoms. The summed E-state index contributed by atoms with van der Waals surface area (Å²) >= 11 is 3.48. The summed E-state index contributed by atoms with van der Waals surface area (Å²) in [5.41, 5.74) is 4.16. The number of anilines is 1. The topological polar surface area (TPSA) is 114 Å². The van der Waals surface area contributed by atoms with Gasteiger partial charge in [-0.25, -0.2) is 0 Å². The highest BCUT2D eigenvalue weighted by Crippen LogP contribution is 2.38. The van der Waals surface area contributed by atoms with E-state index in [2.05, 4.69) is 27.3 Å². The smallest absolute Gasteiger partial charge is 0.269 e. The normalized spacial score (nSPS) is 10.9. The third-order valence-electron chi connectivity index (χ3n) is 5.17. The van der Waals surface area contributed by atoms with Gasteiger partial charge in [-0.15, -0.1) is 0 Å². The van der Waals surface area contributed by atoms with E-state index in [9.17, 15) is 20.2 Å². The van der Waals surface area contributed by atoms with Crippen molar-refractivity contribution in [2.45, 2.75) is 20.8 Å². The van der Waals surface area contributed by atoms with E-state index in [1.165, 1.54) is 24.3 Å². The molecule has 0 radical (unpaired) electrons. The van der Waals surface area contributed by atoms with Gasteiger partial charge in [-0.2, -0.15) is 5.26 Å². The van der Waals surface area contributed by atoms with Crippen LogP contribution in [-0.4, -0.2) is 24.0 Å². The van der Waals surface area contributed by atoms with Crippen LogP contribution in [0.15, 0.2) is 59.1 Å². The molecule has 0 fully saturated rings. The van der Waals surface area contributed by atoms with Crippen molar-refractivity contribution in [3.8, 4) is 17.6 Å². The van der Waals surface area contributed by atoms with Crippen LogP contribution >= 0.6 is 15.9 Å². The summed E-state index contributed by atoms with van der Waals surface area (Å²) < 4.78 is 12.1. The van der Waals surface area contributed by atoms with Gasteiger partial charge < -0.3 is 14.8 Å². The minimum absolute atomic E-state index is 0.0551. The maximum atomic E-state index is 12.5. The van der Waals surface area contributed by atoms with Crippen molar-refractivity contribution in [2.24, 2.45) is 0 Å². The Morgan fingerprint density at radius 2 is 1.86 bits per heavy atom. The molecule has 3 rings (SSSR count). The molecule has 3 aromatic rings. The van der Waals surface area contributed by atoms with Crippen LogP contribution in [-0.2, 0) is 4.79 Å². The van der Waals surface area contributed by atoms with Crippen LogP contribution in [0.5, 0.6) is 11.5 Å². The van der Waals surface area contributed by atoms with E-state index < -0.39 is 4.92 Å². The second-order valence-corrected chi connectivity index (χ2v) is 8.75. The predicted molar refractivity (Wildman–Crippen MR) is 142 cm³/mol. The first kappa shape index (κ1) is 26.4. The first-order valence-corrected chi connectivity index (χ1v) is 11.8. The molecule has 9 heteroatoms. The Hall–Kier alpha value is -4.16. The lowest BCUT2D eigenvalue weighted by Crippen LogP contribution is -2.21. The highest BCUT2D eigenvalue weighted by molar-refractivity contribution is 9.10. The van der Waals surface area contributed by atoms with Crippen LogP contribution in [0.4, 0.5) is 11.4 Å². The Morgan fingerprint density at radius 1 is 1.14 bits per heavy atom. The van der Waals surface area contributed by atoms with Crippen LogP contribution in [0, 0.1) is 35.3 Å². The lowest BCUT2D eigenvalue weighted by atomic mass is 10.0. The third kappa shape index (κ3) is 6.71. The summed E-state index contributed by atoms with van der Waals surface area (Å²) in [6, 6.07) is 17.1. The van der Waals surface area contributed by atoms with Gasteiger partial charge in [-0.05, 0) is 95.4 Å². The van der Waals surface area contributed by atoms with Gasteiger partial charge in [0.1, 0.15) is 0 Å². The van der Waals surface area contributed by atoms with Crippen molar-refractivity contribution in [2.75, 3.05) is 18.5 Å². The molecule has 0 aliphatic rings. The summed E-state index contributed by atoms with van der Waals surface area (Å²) in [6.07, 6.45) is 1.64. The molecule has 0 aliphatic heterocycles. The zero-order valence-electron chi connectivity index (χ0n) is 20.0. The van der Waals surface area contributed by atoms with Crippen molar-refractivity contribution in [1.82, 2.24) is 0 Å². The number of amides is 1. The molecular weight excluding hydrogens is 526 g/mol. The highest BCUT2D eigenvalue weighted by Gasteiger charge is 2.15. The maximum absolute atomic E-state index is 12.5. The van der Waals surface area contributed by atoms with Crippen LogP contribution in [0.1, 0.15) is 29.2 Å². The SMILES string of the molecule is CCOc1cc(/C=C(\C#N)c2ccc([N+](=O)[O-])cc2)cc(Br)c1OCC(=O)Nc1cc(C)ccc1C. The Kier molecular flexibility index (Phi) is 8.81. The molecule has 0 heterocycles. The molecule has 0 saturated carbocycles. The number of nitriles is 1. The minimum Gasteiger partial charge on any atom is -0.490 e. The van der Waals surface area contributed by atoms with Gasteiger partial charge >= 0.3 is 0 Å². The van der Waals surface area contributed by atoms with E-state index in [-0.39, 0.29) is 18.2 Å². The maximum Gasteiger partial charge on any atom is 0.269 e. The number of benzene rings is 3. The highest BCUT2D eigenvalue weighted by atomic mass is 79.9. The van der Waals surface area contributed by atoms with E-state index in [0.29, 0.717) is 39.3 Å². The molecule has 36 heavy (non-hydrogen) atoms. The Labute approximate surface area is 217 Å². The molecule has 0 aromatic heterocycles. The molecule has 3 aromatic carbocycles. The van der Waals surface area contributed by atoms with E-state index in [4.69, 9.17) is 9.47 Å². The zero-order chi connectivity index (χ0) is 26.2. The molecule has 0 spiro atoms. The average molecular weight is 550 g/mol. The quantitative estimate of drug-likeness (QED) is 0.142. The second kappa shape index (κ2) is 12.0. The van der Waals surface area contributed by atoms with Gasteiger partial charge in [0.15, 0.2) is 18.1 Å². The fourth-order valence-corrected chi connectivity index (χ4v) is 3.95. The second-order valence-electron chi connectivity index (χ2n) is 7.89. The fourth-order valence-electron chi connectivity index (χ4n) is 3.38. The standard InChI is InChI=1S/C27H24BrN3O5/c1-4-35-25-14-19(12-21(15-29)20-7-9-22(10-8-20)31(33)34)13-23(28)27(25)36-16-26(32)30-24-11-17(2)5-6-18(24)3/h5-14H,4,16H2,1-3H3,(H,30,32)/b21-12+. The van der Waals surface area contributed by atoms with Crippen LogP contribution in [0.3, 0.4) is 0 Å². The van der Waals surface area contributed by atoms with Gasteiger partial charge in [-0.1, -0.05) is 12.1 Å². The number of rotatable bonds is 9. The van der Waals surface area contributed by atoms with E-state index >= 15 is 0 Å². The van der Waals surface area contributed by atoms with Gasteiger partial charge in [0.2, 0.25) is 0 Å². The van der Waals surface area contributed by atoms with Crippen molar-refractivity contribution >= 4 is 44.9 Å². The number of aryl methyl sites for hydroxylation is 2. The lowest BCUT2D eigenvalue weighted by Gasteiger charge is -2.15. The number of nitro groups is 1. The monoisotopic (exact) mass is 549 g/mol. The van der Waals surface area contributed by atoms with Gasteiger partial charge in [0, 0.05) is 17.8 Å². The number of non-ortho nitro benzene ring substituents is 1. The Morgan fingerprint density at radius 3 is 2.50 bits per heavy atom. The van der Waals surface area contributed by atoms with Gasteiger partial charge in [0.05, 0.1) is 27.6 Å². The van der Waals surface area contributed by atoms with Crippen LogP contribution in [0.2, 0.25) is 0 Å².